The van der Waals surface area contributed by atoms with E-state index in [0.29, 0.717) is 0 Å². The van der Waals surface area contributed by atoms with Crippen LogP contribution in [-0.2, 0) is 4.84 Å². The normalized spacial score (nSPS) is 17.3. The standard InChI is InChI=1S/C6H15NO2/c1-3-4-6(2,8)5-9-7/h8H,3-5,7H2,1-2H3. The summed E-state index contributed by atoms with van der Waals surface area (Å²) in [7, 11) is 0. The fourth-order valence-electron chi connectivity index (χ4n) is 0.790. The topological polar surface area (TPSA) is 55.5 Å². The maximum Gasteiger partial charge on any atom is 0.0963 e. The minimum atomic E-state index is -0.747. The van der Waals surface area contributed by atoms with Crippen molar-refractivity contribution in [3.05, 3.63) is 0 Å². The summed E-state index contributed by atoms with van der Waals surface area (Å²) in [4.78, 5) is 4.31. The molecule has 0 aromatic carbocycles. The fraction of sp³-hybridized carbons (Fsp3) is 1.00. The molecule has 0 spiro atoms. The Balaban J connectivity index is 3.43. The van der Waals surface area contributed by atoms with Crippen molar-refractivity contribution in [3.8, 4) is 0 Å². The molecule has 0 saturated heterocycles. The summed E-state index contributed by atoms with van der Waals surface area (Å²) >= 11 is 0. The van der Waals surface area contributed by atoms with Gasteiger partial charge in [-0.3, -0.25) is 0 Å². The SMILES string of the molecule is CCCC(C)(O)CON. The van der Waals surface area contributed by atoms with E-state index < -0.39 is 5.60 Å². The monoisotopic (exact) mass is 133 g/mol. The van der Waals surface area contributed by atoms with Crippen LogP contribution in [-0.4, -0.2) is 17.3 Å². The lowest BCUT2D eigenvalue weighted by atomic mass is 10.0. The summed E-state index contributed by atoms with van der Waals surface area (Å²) in [5.74, 6) is 4.78. The second kappa shape index (κ2) is 3.82. The molecule has 3 N–H and O–H groups in total. The van der Waals surface area contributed by atoms with Gasteiger partial charge < -0.3 is 9.94 Å². The average Bonchev–Trinajstić information content (AvgIpc) is 1.64. The zero-order chi connectivity index (χ0) is 7.33. The van der Waals surface area contributed by atoms with Crippen molar-refractivity contribution in [3.63, 3.8) is 0 Å². The molecule has 0 fully saturated rings. The Hall–Kier alpha value is -0.120. The summed E-state index contributed by atoms with van der Waals surface area (Å²) in [5.41, 5.74) is -0.747. The lowest BCUT2D eigenvalue weighted by Gasteiger charge is -2.20. The van der Waals surface area contributed by atoms with Crippen molar-refractivity contribution in [2.75, 3.05) is 6.61 Å². The first kappa shape index (κ1) is 8.88. The molecule has 56 valence electrons. The molecule has 0 amide bonds. The van der Waals surface area contributed by atoms with Crippen LogP contribution in [0.5, 0.6) is 0 Å². The molecule has 0 aliphatic rings. The van der Waals surface area contributed by atoms with Gasteiger partial charge in [0.2, 0.25) is 0 Å². The lowest BCUT2D eigenvalue weighted by molar-refractivity contribution is -0.0400. The van der Waals surface area contributed by atoms with Gasteiger partial charge in [-0.05, 0) is 13.3 Å². The third-order valence-electron chi connectivity index (χ3n) is 1.18. The fourth-order valence-corrected chi connectivity index (χ4v) is 0.790. The minimum absolute atomic E-state index is 0.209. The second-order valence-electron chi connectivity index (χ2n) is 2.56. The van der Waals surface area contributed by atoms with E-state index >= 15 is 0 Å². The van der Waals surface area contributed by atoms with Crippen molar-refractivity contribution in [1.29, 1.82) is 0 Å². The van der Waals surface area contributed by atoms with E-state index in [1.807, 2.05) is 6.92 Å². The van der Waals surface area contributed by atoms with Crippen molar-refractivity contribution in [2.24, 2.45) is 5.90 Å². The number of rotatable bonds is 4. The van der Waals surface area contributed by atoms with E-state index in [4.69, 9.17) is 5.90 Å². The highest BCUT2D eigenvalue weighted by molar-refractivity contribution is 4.69. The molecule has 0 radical (unpaired) electrons. The predicted octanol–water partition coefficient (Wildman–Crippen LogP) is 0.428. The quantitative estimate of drug-likeness (QED) is 0.547. The van der Waals surface area contributed by atoms with Crippen LogP contribution < -0.4 is 5.90 Å². The maximum atomic E-state index is 9.31. The first-order chi connectivity index (χ1) is 4.12. The molecular weight excluding hydrogens is 118 g/mol. The van der Waals surface area contributed by atoms with Crippen LogP contribution in [0.15, 0.2) is 0 Å². The van der Waals surface area contributed by atoms with Crippen LogP contribution in [0, 0.1) is 0 Å². The molecule has 0 aliphatic carbocycles. The zero-order valence-corrected chi connectivity index (χ0v) is 6.05. The van der Waals surface area contributed by atoms with Crippen LogP contribution in [0.1, 0.15) is 26.7 Å². The molecule has 0 saturated carbocycles. The molecule has 0 aliphatic heterocycles. The summed E-state index contributed by atoms with van der Waals surface area (Å²) in [6.45, 7) is 3.93. The first-order valence-electron chi connectivity index (χ1n) is 3.16. The molecule has 1 unspecified atom stereocenters. The molecule has 3 nitrogen and oxygen atoms in total. The Bertz CT molecular complexity index is 65.5. The van der Waals surface area contributed by atoms with E-state index in [2.05, 4.69) is 4.84 Å². The summed E-state index contributed by atoms with van der Waals surface area (Å²) in [6.07, 6.45) is 1.67. The average molecular weight is 133 g/mol. The van der Waals surface area contributed by atoms with Gasteiger partial charge in [0.1, 0.15) is 0 Å². The van der Waals surface area contributed by atoms with E-state index in [-0.39, 0.29) is 6.61 Å². The van der Waals surface area contributed by atoms with Gasteiger partial charge in [-0.15, -0.1) is 0 Å². The molecule has 0 rings (SSSR count). The lowest BCUT2D eigenvalue weighted by Crippen LogP contribution is -2.31. The van der Waals surface area contributed by atoms with Gasteiger partial charge in [0.05, 0.1) is 12.2 Å². The number of hydrogen-bond acceptors (Lipinski definition) is 3. The highest BCUT2D eigenvalue weighted by atomic mass is 16.6. The van der Waals surface area contributed by atoms with Gasteiger partial charge in [-0.2, -0.15) is 0 Å². The van der Waals surface area contributed by atoms with E-state index in [0.717, 1.165) is 12.8 Å². The minimum Gasteiger partial charge on any atom is -0.388 e. The number of aliphatic hydroxyl groups is 1. The van der Waals surface area contributed by atoms with E-state index in [1.165, 1.54) is 0 Å². The van der Waals surface area contributed by atoms with Crippen molar-refractivity contribution in [2.45, 2.75) is 32.3 Å². The molecule has 3 heteroatoms. The van der Waals surface area contributed by atoms with Gasteiger partial charge in [0, 0.05) is 0 Å². The Labute approximate surface area is 55.8 Å². The highest BCUT2D eigenvalue weighted by Crippen LogP contribution is 2.10. The Morgan fingerprint density at radius 3 is 2.56 bits per heavy atom. The van der Waals surface area contributed by atoms with Crippen molar-refractivity contribution >= 4 is 0 Å². The Morgan fingerprint density at radius 2 is 2.22 bits per heavy atom. The Morgan fingerprint density at radius 1 is 1.67 bits per heavy atom. The number of hydrogen-bond donors (Lipinski definition) is 2. The van der Waals surface area contributed by atoms with Gasteiger partial charge >= 0.3 is 0 Å². The van der Waals surface area contributed by atoms with Gasteiger partial charge in [0.25, 0.3) is 0 Å². The van der Waals surface area contributed by atoms with Crippen LogP contribution in [0.4, 0.5) is 0 Å². The first-order valence-corrected chi connectivity index (χ1v) is 3.16. The largest absolute Gasteiger partial charge is 0.388 e. The smallest absolute Gasteiger partial charge is 0.0963 e. The van der Waals surface area contributed by atoms with E-state index in [1.54, 1.807) is 6.92 Å². The van der Waals surface area contributed by atoms with Crippen LogP contribution >= 0.6 is 0 Å². The summed E-state index contributed by atoms with van der Waals surface area (Å²) < 4.78 is 0. The summed E-state index contributed by atoms with van der Waals surface area (Å²) in [5, 5.41) is 9.31. The molecule has 0 aromatic heterocycles. The van der Waals surface area contributed by atoms with Crippen LogP contribution in [0.2, 0.25) is 0 Å². The molecular formula is C6H15NO2. The molecule has 9 heavy (non-hydrogen) atoms. The predicted molar refractivity (Wildman–Crippen MR) is 35.7 cm³/mol. The van der Waals surface area contributed by atoms with Crippen molar-refractivity contribution in [1.82, 2.24) is 0 Å². The molecule has 0 aromatic rings. The third-order valence-corrected chi connectivity index (χ3v) is 1.18. The van der Waals surface area contributed by atoms with Gasteiger partial charge in [-0.25, -0.2) is 5.90 Å². The molecule has 1 atom stereocenters. The molecule has 0 heterocycles. The van der Waals surface area contributed by atoms with Gasteiger partial charge in [0.15, 0.2) is 0 Å². The summed E-state index contributed by atoms with van der Waals surface area (Å²) in [6, 6.07) is 0. The zero-order valence-electron chi connectivity index (χ0n) is 6.05. The maximum absolute atomic E-state index is 9.31. The van der Waals surface area contributed by atoms with Crippen LogP contribution in [0.25, 0.3) is 0 Å². The van der Waals surface area contributed by atoms with E-state index in [9.17, 15) is 5.11 Å². The highest BCUT2D eigenvalue weighted by Gasteiger charge is 2.18. The second-order valence-corrected chi connectivity index (χ2v) is 2.56. The number of nitrogens with two attached hydrogens (primary N) is 1. The molecule has 0 bridgehead atoms. The van der Waals surface area contributed by atoms with Gasteiger partial charge in [-0.1, -0.05) is 13.3 Å². The van der Waals surface area contributed by atoms with Crippen molar-refractivity contribution < 1.29 is 9.94 Å². The third kappa shape index (κ3) is 4.39. The Kier molecular flexibility index (Phi) is 3.77. The van der Waals surface area contributed by atoms with Crippen LogP contribution in [0.3, 0.4) is 0 Å².